The van der Waals surface area contributed by atoms with Crippen LogP contribution in [0.25, 0.3) is 0 Å². The summed E-state index contributed by atoms with van der Waals surface area (Å²) in [4.78, 5) is 24.6. The fourth-order valence-corrected chi connectivity index (χ4v) is 4.08. The molecule has 0 aromatic heterocycles. The number of hydrogen-bond donors (Lipinski definition) is 1. The number of rotatable bonds is 1. The lowest BCUT2D eigenvalue weighted by molar-refractivity contribution is 0.0696. The summed E-state index contributed by atoms with van der Waals surface area (Å²) in [6, 6.07) is 9.56. The van der Waals surface area contributed by atoms with Gasteiger partial charge in [0.2, 0.25) is 9.84 Å². The second-order valence-electron chi connectivity index (χ2n) is 4.85. The lowest BCUT2D eigenvalue weighted by Crippen LogP contribution is -2.26. The second-order valence-corrected chi connectivity index (χ2v) is 6.74. The number of nitrogens with zero attached hydrogens (tertiary/aromatic N) is 1. The molecule has 2 aromatic carbocycles. The summed E-state index contributed by atoms with van der Waals surface area (Å²) in [5.74, 6) is -1.69. The third-order valence-corrected chi connectivity index (χ3v) is 5.43. The molecule has 112 valence electrons. The molecule has 0 bridgehead atoms. The molecule has 0 saturated heterocycles. The first kappa shape index (κ1) is 14.3. The van der Waals surface area contributed by atoms with Gasteiger partial charge < -0.3 is 10.0 Å². The number of fused-ring (bicyclic) bond motifs is 2. The van der Waals surface area contributed by atoms with Gasteiger partial charge in [0.25, 0.3) is 5.91 Å². The predicted molar refractivity (Wildman–Crippen MR) is 78.0 cm³/mol. The van der Waals surface area contributed by atoms with Gasteiger partial charge in [-0.25, -0.2) is 13.2 Å². The van der Waals surface area contributed by atoms with Crippen LogP contribution in [0.3, 0.4) is 0 Å². The Bertz CT molecular complexity index is 917. The molecule has 1 amide bonds. The normalized spacial score (nSPS) is 15.7. The zero-order chi connectivity index (χ0) is 16.1. The molecule has 1 aliphatic heterocycles. The van der Waals surface area contributed by atoms with Crippen LogP contribution in [-0.2, 0) is 9.84 Å². The quantitative estimate of drug-likeness (QED) is 0.866. The maximum Gasteiger partial charge on any atom is 0.335 e. The minimum Gasteiger partial charge on any atom is -0.478 e. The average Bonchev–Trinajstić information content (AvgIpc) is 2.57. The van der Waals surface area contributed by atoms with Gasteiger partial charge in [-0.3, -0.25) is 4.79 Å². The van der Waals surface area contributed by atoms with Crippen molar-refractivity contribution in [3.63, 3.8) is 0 Å². The number of carboxylic acids is 1. The van der Waals surface area contributed by atoms with Gasteiger partial charge in [-0.05, 0) is 30.3 Å². The smallest absolute Gasteiger partial charge is 0.335 e. The van der Waals surface area contributed by atoms with E-state index in [-0.39, 0.29) is 26.6 Å². The Hall–Kier alpha value is -2.67. The minimum absolute atomic E-state index is 0.0566. The second kappa shape index (κ2) is 4.67. The fourth-order valence-electron chi connectivity index (χ4n) is 2.43. The first-order valence-corrected chi connectivity index (χ1v) is 7.82. The van der Waals surface area contributed by atoms with E-state index in [0.29, 0.717) is 0 Å². The van der Waals surface area contributed by atoms with E-state index in [1.807, 2.05) is 0 Å². The van der Waals surface area contributed by atoms with E-state index in [1.54, 1.807) is 12.1 Å². The summed E-state index contributed by atoms with van der Waals surface area (Å²) in [6.45, 7) is 0. The first-order valence-electron chi connectivity index (χ1n) is 6.33. The van der Waals surface area contributed by atoms with Crippen molar-refractivity contribution >= 4 is 27.4 Å². The van der Waals surface area contributed by atoms with E-state index < -0.39 is 21.7 Å². The van der Waals surface area contributed by atoms with Crippen LogP contribution in [0.15, 0.2) is 52.3 Å². The lowest BCUT2D eigenvalue weighted by Gasteiger charge is -2.17. The van der Waals surface area contributed by atoms with E-state index in [2.05, 4.69) is 0 Å². The molecule has 0 unspecified atom stereocenters. The van der Waals surface area contributed by atoms with Crippen molar-refractivity contribution in [2.75, 3.05) is 11.9 Å². The molecule has 0 radical (unpaired) electrons. The Balaban J connectivity index is 2.40. The summed E-state index contributed by atoms with van der Waals surface area (Å²) in [7, 11) is -2.48. The monoisotopic (exact) mass is 317 g/mol. The van der Waals surface area contributed by atoms with Crippen molar-refractivity contribution in [2.24, 2.45) is 0 Å². The number of hydrogen-bond acceptors (Lipinski definition) is 4. The fraction of sp³-hybridized carbons (Fsp3) is 0.0667. The van der Waals surface area contributed by atoms with Crippen LogP contribution in [0.5, 0.6) is 0 Å². The van der Waals surface area contributed by atoms with Gasteiger partial charge >= 0.3 is 5.97 Å². The SMILES string of the molecule is CN1C(=O)c2ccccc2S(=O)(=O)c2ccc(C(=O)O)cc21. The topological polar surface area (TPSA) is 91.8 Å². The highest BCUT2D eigenvalue weighted by Crippen LogP contribution is 2.36. The number of aromatic carboxylic acids is 1. The number of carbonyl (C=O) groups excluding carboxylic acids is 1. The number of sulfone groups is 1. The summed E-state index contributed by atoms with van der Waals surface area (Å²) in [5, 5.41) is 9.06. The molecule has 22 heavy (non-hydrogen) atoms. The van der Waals surface area contributed by atoms with Gasteiger partial charge in [-0.1, -0.05) is 12.1 Å². The van der Waals surface area contributed by atoms with Crippen molar-refractivity contribution in [1.82, 2.24) is 0 Å². The summed E-state index contributed by atoms with van der Waals surface area (Å²) < 4.78 is 25.5. The number of benzene rings is 2. The molecule has 1 N–H and O–H groups in total. The maximum absolute atomic E-state index is 12.8. The molecular weight excluding hydrogens is 306 g/mol. The Kier molecular flexibility index (Phi) is 3.03. The van der Waals surface area contributed by atoms with Crippen LogP contribution in [-0.4, -0.2) is 32.4 Å². The van der Waals surface area contributed by atoms with Crippen molar-refractivity contribution in [3.8, 4) is 0 Å². The van der Waals surface area contributed by atoms with Crippen molar-refractivity contribution in [1.29, 1.82) is 0 Å². The predicted octanol–water partition coefficient (Wildman–Crippen LogP) is 1.81. The Morgan fingerprint density at radius 3 is 2.45 bits per heavy atom. The molecule has 7 heteroatoms. The Morgan fingerprint density at radius 1 is 1.09 bits per heavy atom. The van der Waals surface area contributed by atoms with Crippen LogP contribution in [0.4, 0.5) is 5.69 Å². The standard InChI is InChI=1S/C15H11NO5S/c1-16-11-8-9(15(18)19)6-7-13(11)22(20,21)12-5-3-2-4-10(12)14(16)17/h2-8H,1H3,(H,18,19). The van der Waals surface area contributed by atoms with Crippen LogP contribution in [0.2, 0.25) is 0 Å². The van der Waals surface area contributed by atoms with Gasteiger partial charge in [0.1, 0.15) is 0 Å². The summed E-state index contributed by atoms with van der Waals surface area (Å²) >= 11 is 0. The molecule has 0 atom stereocenters. The Morgan fingerprint density at radius 2 is 1.77 bits per heavy atom. The highest BCUT2D eigenvalue weighted by molar-refractivity contribution is 7.91. The van der Waals surface area contributed by atoms with Gasteiger partial charge in [0, 0.05) is 7.05 Å². The highest BCUT2D eigenvalue weighted by Gasteiger charge is 2.34. The third kappa shape index (κ3) is 1.90. The average molecular weight is 317 g/mol. The zero-order valence-electron chi connectivity index (χ0n) is 11.5. The molecule has 1 aliphatic rings. The first-order chi connectivity index (χ1) is 10.3. The molecule has 0 fully saturated rings. The van der Waals surface area contributed by atoms with Crippen molar-refractivity contribution < 1.29 is 23.1 Å². The largest absolute Gasteiger partial charge is 0.478 e. The number of carbonyl (C=O) groups is 2. The molecule has 2 aromatic rings. The number of carboxylic acid groups (broad SMARTS) is 1. The molecule has 0 saturated carbocycles. The Labute approximate surface area is 126 Å². The minimum atomic E-state index is -3.90. The van der Waals surface area contributed by atoms with Gasteiger partial charge in [0.05, 0.1) is 26.6 Å². The van der Waals surface area contributed by atoms with E-state index in [9.17, 15) is 18.0 Å². The molecule has 0 spiro atoms. The van der Waals surface area contributed by atoms with Crippen molar-refractivity contribution in [3.05, 3.63) is 53.6 Å². The van der Waals surface area contributed by atoms with E-state index in [0.717, 1.165) is 4.90 Å². The van der Waals surface area contributed by atoms with Crippen LogP contribution >= 0.6 is 0 Å². The van der Waals surface area contributed by atoms with Crippen LogP contribution < -0.4 is 4.90 Å². The molecule has 0 aliphatic carbocycles. The summed E-state index contributed by atoms with van der Waals surface area (Å²) in [5.41, 5.74) is 0.0405. The van der Waals surface area contributed by atoms with E-state index >= 15 is 0 Å². The highest BCUT2D eigenvalue weighted by atomic mass is 32.2. The zero-order valence-corrected chi connectivity index (χ0v) is 12.3. The van der Waals surface area contributed by atoms with E-state index in [4.69, 9.17) is 5.11 Å². The number of anilines is 1. The summed E-state index contributed by atoms with van der Waals surface area (Å²) in [6.07, 6.45) is 0. The molecule has 6 nitrogen and oxygen atoms in total. The van der Waals surface area contributed by atoms with Crippen molar-refractivity contribution in [2.45, 2.75) is 9.79 Å². The lowest BCUT2D eigenvalue weighted by atomic mass is 10.1. The van der Waals surface area contributed by atoms with Crippen LogP contribution in [0, 0.1) is 0 Å². The van der Waals surface area contributed by atoms with Gasteiger partial charge in [-0.15, -0.1) is 0 Å². The third-order valence-electron chi connectivity index (χ3n) is 3.57. The van der Waals surface area contributed by atoms with Gasteiger partial charge in [-0.2, -0.15) is 0 Å². The van der Waals surface area contributed by atoms with Crippen LogP contribution in [0.1, 0.15) is 20.7 Å². The van der Waals surface area contributed by atoms with Gasteiger partial charge in [0.15, 0.2) is 0 Å². The molecule has 1 heterocycles. The molecule has 3 rings (SSSR count). The number of amides is 1. The molecular formula is C15H11NO5S. The maximum atomic E-state index is 12.8. The van der Waals surface area contributed by atoms with E-state index in [1.165, 1.54) is 37.4 Å².